The number of methoxy groups -OCH3 is 2. The van der Waals surface area contributed by atoms with E-state index in [0.29, 0.717) is 35.7 Å². The third-order valence-corrected chi connectivity index (χ3v) is 3.48. The molecule has 0 fully saturated rings. The second-order valence-corrected chi connectivity index (χ2v) is 5.14. The molecule has 0 aliphatic heterocycles. The Kier molecular flexibility index (Phi) is 6.57. The van der Waals surface area contributed by atoms with E-state index < -0.39 is 0 Å². The van der Waals surface area contributed by atoms with E-state index in [0.717, 1.165) is 0 Å². The van der Waals surface area contributed by atoms with E-state index >= 15 is 0 Å². The largest absolute Gasteiger partial charge is 0.493 e. The fourth-order valence-electron chi connectivity index (χ4n) is 2.25. The van der Waals surface area contributed by atoms with Gasteiger partial charge in [-0.3, -0.25) is 4.79 Å². The zero-order valence-electron chi connectivity index (χ0n) is 13.8. The van der Waals surface area contributed by atoms with Gasteiger partial charge < -0.3 is 20.1 Å². The lowest BCUT2D eigenvalue weighted by Crippen LogP contribution is -2.29. The molecule has 24 heavy (non-hydrogen) atoms. The predicted molar refractivity (Wildman–Crippen MR) is 91.1 cm³/mol. The minimum absolute atomic E-state index is 0.142. The first kappa shape index (κ1) is 17.7. The van der Waals surface area contributed by atoms with E-state index in [4.69, 9.17) is 9.47 Å². The molecule has 0 unspecified atom stereocenters. The van der Waals surface area contributed by atoms with E-state index in [-0.39, 0.29) is 18.3 Å². The quantitative estimate of drug-likeness (QED) is 0.730. The molecule has 1 amide bonds. The van der Waals surface area contributed by atoms with Crippen LogP contribution in [0.15, 0.2) is 42.5 Å². The van der Waals surface area contributed by atoms with Gasteiger partial charge in [0.2, 0.25) is 5.91 Å². The summed E-state index contributed by atoms with van der Waals surface area (Å²) in [6, 6.07) is 11.8. The highest BCUT2D eigenvalue weighted by Crippen LogP contribution is 2.29. The number of carbonyl (C=O) groups excluding carboxylic acids is 1. The number of halogens is 1. The van der Waals surface area contributed by atoms with Gasteiger partial charge in [-0.1, -0.05) is 18.2 Å². The molecule has 2 aromatic rings. The zero-order chi connectivity index (χ0) is 17.4. The van der Waals surface area contributed by atoms with Crippen molar-refractivity contribution in [3.63, 3.8) is 0 Å². The Morgan fingerprint density at radius 3 is 2.54 bits per heavy atom. The maximum absolute atomic E-state index is 13.5. The summed E-state index contributed by atoms with van der Waals surface area (Å²) < 4.78 is 23.8. The molecular weight excluding hydrogens is 311 g/mol. The standard InChI is InChI=1S/C18H21FN2O3/c1-23-16-8-7-14(11-17(16)24-2)21-18(22)12-20-10-9-13-5-3-4-6-15(13)19/h3-8,11,20H,9-10,12H2,1-2H3,(H,21,22). The lowest BCUT2D eigenvalue weighted by molar-refractivity contribution is -0.115. The van der Waals surface area contributed by atoms with Crippen molar-refractivity contribution in [2.45, 2.75) is 6.42 Å². The minimum atomic E-state index is -0.228. The first-order valence-electron chi connectivity index (χ1n) is 7.60. The molecule has 0 saturated carbocycles. The van der Waals surface area contributed by atoms with Crippen LogP contribution in [0.25, 0.3) is 0 Å². The van der Waals surface area contributed by atoms with Gasteiger partial charge in [0.05, 0.1) is 20.8 Å². The average molecular weight is 332 g/mol. The molecule has 0 aliphatic carbocycles. The van der Waals surface area contributed by atoms with Gasteiger partial charge in [0.25, 0.3) is 0 Å². The summed E-state index contributed by atoms with van der Waals surface area (Å²) in [4.78, 5) is 11.9. The van der Waals surface area contributed by atoms with Crippen molar-refractivity contribution in [3.8, 4) is 11.5 Å². The molecule has 0 radical (unpaired) electrons. The molecule has 2 aromatic carbocycles. The Morgan fingerprint density at radius 2 is 1.83 bits per heavy atom. The van der Waals surface area contributed by atoms with Crippen LogP contribution in [0, 0.1) is 5.82 Å². The average Bonchev–Trinajstić information content (AvgIpc) is 2.60. The number of ether oxygens (including phenoxy) is 2. The van der Waals surface area contributed by atoms with Gasteiger partial charge in [0, 0.05) is 11.8 Å². The van der Waals surface area contributed by atoms with Gasteiger partial charge in [0.15, 0.2) is 11.5 Å². The topological polar surface area (TPSA) is 59.6 Å². The normalized spacial score (nSPS) is 10.3. The molecule has 0 aliphatic rings. The zero-order valence-corrected chi connectivity index (χ0v) is 13.8. The summed E-state index contributed by atoms with van der Waals surface area (Å²) >= 11 is 0. The van der Waals surface area contributed by atoms with Gasteiger partial charge in [-0.15, -0.1) is 0 Å². The summed E-state index contributed by atoms with van der Waals surface area (Å²) in [6.07, 6.45) is 0.524. The van der Waals surface area contributed by atoms with Crippen LogP contribution in [0.3, 0.4) is 0 Å². The van der Waals surface area contributed by atoms with Crippen LogP contribution in [0.1, 0.15) is 5.56 Å². The molecule has 2 rings (SSSR count). The molecule has 0 aromatic heterocycles. The second-order valence-electron chi connectivity index (χ2n) is 5.14. The Balaban J connectivity index is 1.78. The predicted octanol–water partition coefficient (Wildman–Crippen LogP) is 2.61. The van der Waals surface area contributed by atoms with Gasteiger partial charge in [0.1, 0.15) is 5.82 Å². The fraction of sp³-hybridized carbons (Fsp3) is 0.278. The maximum atomic E-state index is 13.5. The molecule has 2 N–H and O–H groups in total. The van der Waals surface area contributed by atoms with Crippen LogP contribution in [0.5, 0.6) is 11.5 Å². The number of anilines is 1. The monoisotopic (exact) mass is 332 g/mol. The Bertz CT molecular complexity index is 692. The summed E-state index contributed by atoms with van der Waals surface area (Å²) in [5.41, 5.74) is 1.25. The van der Waals surface area contributed by atoms with Crippen LogP contribution in [0.4, 0.5) is 10.1 Å². The maximum Gasteiger partial charge on any atom is 0.238 e. The Hall–Kier alpha value is -2.60. The van der Waals surface area contributed by atoms with Crippen LogP contribution < -0.4 is 20.1 Å². The molecule has 6 heteroatoms. The van der Waals surface area contributed by atoms with Crippen LogP contribution in [-0.2, 0) is 11.2 Å². The molecule has 0 saturated heterocycles. The first-order valence-corrected chi connectivity index (χ1v) is 7.60. The third-order valence-electron chi connectivity index (χ3n) is 3.48. The molecule has 0 bridgehead atoms. The highest BCUT2D eigenvalue weighted by atomic mass is 19.1. The SMILES string of the molecule is COc1ccc(NC(=O)CNCCc2ccccc2F)cc1OC. The van der Waals surface area contributed by atoms with Crippen molar-refractivity contribution < 1.29 is 18.7 Å². The van der Waals surface area contributed by atoms with E-state index in [1.807, 2.05) is 0 Å². The first-order chi connectivity index (χ1) is 11.6. The van der Waals surface area contributed by atoms with E-state index in [1.54, 1.807) is 43.5 Å². The number of amides is 1. The van der Waals surface area contributed by atoms with E-state index in [2.05, 4.69) is 10.6 Å². The van der Waals surface area contributed by atoms with E-state index in [1.165, 1.54) is 13.2 Å². The van der Waals surface area contributed by atoms with Gasteiger partial charge in [-0.25, -0.2) is 4.39 Å². The van der Waals surface area contributed by atoms with Crippen molar-refractivity contribution in [2.24, 2.45) is 0 Å². The highest BCUT2D eigenvalue weighted by Gasteiger charge is 2.07. The van der Waals surface area contributed by atoms with Crippen molar-refractivity contribution >= 4 is 11.6 Å². The number of rotatable bonds is 8. The number of carbonyl (C=O) groups is 1. The van der Waals surface area contributed by atoms with Gasteiger partial charge in [-0.05, 0) is 36.7 Å². The Morgan fingerprint density at radius 1 is 1.08 bits per heavy atom. The van der Waals surface area contributed by atoms with Gasteiger partial charge >= 0.3 is 0 Å². The van der Waals surface area contributed by atoms with Crippen LogP contribution >= 0.6 is 0 Å². The summed E-state index contributed by atoms with van der Waals surface area (Å²) in [6.45, 7) is 0.656. The third kappa shape index (κ3) is 4.96. The van der Waals surface area contributed by atoms with Crippen molar-refractivity contribution in [2.75, 3.05) is 32.6 Å². The van der Waals surface area contributed by atoms with Gasteiger partial charge in [-0.2, -0.15) is 0 Å². The van der Waals surface area contributed by atoms with Crippen LogP contribution in [0.2, 0.25) is 0 Å². The molecule has 0 heterocycles. The summed E-state index contributed by atoms with van der Waals surface area (Å²) in [5, 5.41) is 5.76. The number of benzene rings is 2. The van der Waals surface area contributed by atoms with Crippen molar-refractivity contribution in [3.05, 3.63) is 53.8 Å². The molecule has 128 valence electrons. The Labute approximate surface area is 140 Å². The van der Waals surface area contributed by atoms with Crippen molar-refractivity contribution in [1.82, 2.24) is 5.32 Å². The summed E-state index contributed by atoms with van der Waals surface area (Å²) in [5.74, 6) is 0.728. The van der Waals surface area contributed by atoms with Crippen molar-refractivity contribution in [1.29, 1.82) is 0 Å². The second kappa shape index (κ2) is 8.88. The lowest BCUT2D eigenvalue weighted by atomic mass is 10.1. The molecule has 0 atom stereocenters. The number of nitrogens with one attached hydrogen (secondary N) is 2. The van der Waals surface area contributed by atoms with Crippen LogP contribution in [-0.4, -0.2) is 33.2 Å². The summed E-state index contributed by atoms with van der Waals surface area (Å²) in [7, 11) is 3.09. The number of hydrogen-bond donors (Lipinski definition) is 2. The number of hydrogen-bond acceptors (Lipinski definition) is 4. The fourth-order valence-corrected chi connectivity index (χ4v) is 2.25. The smallest absolute Gasteiger partial charge is 0.238 e. The lowest BCUT2D eigenvalue weighted by Gasteiger charge is -2.11. The highest BCUT2D eigenvalue weighted by molar-refractivity contribution is 5.92. The molecular formula is C18H21FN2O3. The molecule has 0 spiro atoms. The minimum Gasteiger partial charge on any atom is -0.493 e. The molecule has 5 nitrogen and oxygen atoms in total. The van der Waals surface area contributed by atoms with E-state index in [9.17, 15) is 9.18 Å².